The lowest BCUT2D eigenvalue weighted by Gasteiger charge is -2.20. The second-order valence-electron chi connectivity index (χ2n) is 7.03. The van der Waals surface area contributed by atoms with Crippen LogP contribution in [0.2, 0.25) is 0 Å². The third kappa shape index (κ3) is 9.39. The SMILES string of the molecule is CCNCC.CCNCC.Cc1ccccc1C(c1ccccc1)c1ccccc1. The molecule has 0 aromatic heterocycles. The molecule has 0 fully saturated rings. The minimum Gasteiger partial charge on any atom is -0.317 e. The normalized spacial score (nSPS) is 9.93. The monoisotopic (exact) mass is 404 g/mol. The van der Waals surface area contributed by atoms with E-state index in [2.05, 4.69) is 130 Å². The van der Waals surface area contributed by atoms with Crippen molar-refractivity contribution in [2.45, 2.75) is 40.5 Å². The Labute approximate surface area is 184 Å². The molecule has 0 aliphatic rings. The first-order valence-corrected chi connectivity index (χ1v) is 11.3. The summed E-state index contributed by atoms with van der Waals surface area (Å²) in [6.07, 6.45) is 0. The van der Waals surface area contributed by atoms with E-state index in [1.54, 1.807) is 0 Å². The molecule has 0 bridgehead atoms. The maximum absolute atomic E-state index is 3.11. The van der Waals surface area contributed by atoms with Crippen molar-refractivity contribution in [3.05, 3.63) is 107 Å². The molecule has 0 spiro atoms. The van der Waals surface area contributed by atoms with Gasteiger partial charge in [-0.15, -0.1) is 0 Å². The van der Waals surface area contributed by atoms with Crippen molar-refractivity contribution >= 4 is 0 Å². The molecule has 2 N–H and O–H groups in total. The zero-order valence-corrected chi connectivity index (χ0v) is 19.5. The molecule has 3 aromatic rings. The maximum atomic E-state index is 3.11. The Balaban J connectivity index is 0.000000378. The van der Waals surface area contributed by atoms with Gasteiger partial charge >= 0.3 is 0 Å². The molecule has 0 atom stereocenters. The van der Waals surface area contributed by atoms with E-state index < -0.39 is 0 Å². The molecule has 0 aliphatic carbocycles. The molecule has 162 valence electrons. The Morgan fingerprint density at radius 3 is 1.23 bits per heavy atom. The van der Waals surface area contributed by atoms with Crippen LogP contribution < -0.4 is 10.6 Å². The van der Waals surface area contributed by atoms with E-state index in [-0.39, 0.29) is 0 Å². The molecule has 2 nitrogen and oxygen atoms in total. The fraction of sp³-hybridized carbons (Fsp3) is 0.357. The second-order valence-corrected chi connectivity index (χ2v) is 7.03. The van der Waals surface area contributed by atoms with Gasteiger partial charge in [0.1, 0.15) is 0 Å². The molecular formula is C28H40N2. The van der Waals surface area contributed by atoms with Gasteiger partial charge in [0.15, 0.2) is 0 Å². The van der Waals surface area contributed by atoms with Gasteiger partial charge in [-0.3, -0.25) is 0 Å². The van der Waals surface area contributed by atoms with Gasteiger partial charge in [0.25, 0.3) is 0 Å². The number of hydrogen-bond donors (Lipinski definition) is 2. The van der Waals surface area contributed by atoms with E-state index in [0.717, 1.165) is 26.2 Å². The molecule has 0 saturated heterocycles. The maximum Gasteiger partial charge on any atom is 0.0342 e. The zero-order valence-electron chi connectivity index (χ0n) is 19.5. The van der Waals surface area contributed by atoms with Gasteiger partial charge in [0.05, 0.1) is 0 Å². The zero-order chi connectivity index (χ0) is 22.0. The summed E-state index contributed by atoms with van der Waals surface area (Å²) < 4.78 is 0. The summed E-state index contributed by atoms with van der Waals surface area (Å²) in [6, 6.07) is 30.1. The molecule has 30 heavy (non-hydrogen) atoms. The molecular weight excluding hydrogens is 364 g/mol. The van der Waals surface area contributed by atoms with Crippen LogP contribution in [0.3, 0.4) is 0 Å². The van der Waals surface area contributed by atoms with Crippen molar-refractivity contribution in [3.63, 3.8) is 0 Å². The van der Waals surface area contributed by atoms with E-state index in [9.17, 15) is 0 Å². The molecule has 0 amide bonds. The van der Waals surface area contributed by atoms with E-state index in [0.29, 0.717) is 5.92 Å². The molecule has 3 rings (SSSR count). The van der Waals surface area contributed by atoms with Crippen LogP contribution in [0.5, 0.6) is 0 Å². The summed E-state index contributed by atoms with van der Waals surface area (Å²) in [7, 11) is 0. The average molecular weight is 405 g/mol. The predicted octanol–water partition coefficient (Wildman–Crippen LogP) is 6.41. The molecule has 0 radical (unpaired) electrons. The Morgan fingerprint density at radius 2 is 0.900 bits per heavy atom. The smallest absolute Gasteiger partial charge is 0.0342 e. The van der Waals surface area contributed by atoms with Gasteiger partial charge in [0, 0.05) is 5.92 Å². The van der Waals surface area contributed by atoms with Gasteiger partial charge < -0.3 is 10.6 Å². The molecule has 0 heterocycles. The minimum atomic E-state index is 0.304. The lowest BCUT2D eigenvalue weighted by molar-refractivity contribution is 0.762. The fourth-order valence-electron chi connectivity index (χ4n) is 3.25. The second kappa shape index (κ2) is 16.4. The number of aryl methyl sites for hydroxylation is 1. The molecule has 3 aromatic carbocycles. The van der Waals surface area contributed by atoms with Crippen molar-refractivity contribution in [2.75, 3.05) is 26.2 Å². The quantitative estimate of drug-likeness (QED) is 0.445. The van der Waals surface area contributed by atoms with E-state index in [4.69, 9.17) is 0 Å². The van der Waals surface area contributed by atoms with Crippen LogP contribution in [0.15, 0.2) is 84.9 Å². The Kier molecular flexibility index (Phi) is 14.0. The first kappa shape index (κ1) is 25.6. The van der Waals surface area contributed by atoms with Gasteiger partial charge in [-0.25, -0.2) is 0 Å². The average Bonchev–Trinajstić information content (AvgIpc) is 2.79. The van der Waals surface area contributed by atoms with Crippen LogP contribution in [0, 0.1) is 6.92 Å². The van der Waals surface area contributed by atoms with Crippen molar-refractivity contribution in [1.82, 2.24) is 10.6 Å². The fourth-order valence-corrected chi connectivity index (χ4v) is 3.25. The highest BCUT2D eigenvalue weighted by molar-refractivity contribution is 5.45. The van der Waals surface area contributed by atoms with Crippen LogP contribution >= 0.6 is 0 Å². The van der Waals surface area contributed by atoms with Crippen molar-refractivity contribution in [2.24, 2.45) is 0 Å². The summed E-state index contributed by atoms with van der Waals surface area (Å²) in [6.45, 7) is 15.0. The predicted molar refractivity (Wildman–Crippen MR) is 133 cm³/mol. The highest BCUT2D eigenvalue weighted by Gasteiger charge is 2.17. The third-order valence-electron chi connectivity index (χ3n) is 4.77. The summed E-state index contributed by atoms with van der Waals surface area (Å²) >= 11 is 0. The molecule has 0 unspecified atom stereocenters. The summed E-state index contributed by atoms with van der Waals surface area (Å²) in [5.41, 5.74) is 5.40. The van der Waals surface area contributed by atoms with E-state index >= 15 is 0 Å². The number of benzene rings is 3. The number of nitrogens with one attached hydrogen (secondary N) is 2. The number of rotatable bonds is 7. The lowest BCUT2D eigenvalue weighted by atomic mass is 9.83. The Hall–Kier alpha value is -2.42. The highest BCUT2D eigenvalue weighted by Crippen LogP contribution is 2.33. The van der Waals surface area contributed by atoms with Crippen LogP contribution in [-0.2, 0) is 0 Å². The molecule has 0 saturated carbocycles. The van der Waals surface area contributed by atoms with Crippen LogP contribution in [0.4, 0.5) is 0 Å². The lowest BCUT2D eigenvalue weighted by Crippen LogP contribution is -2.09. The molecule has 2 heteroatoms. The van der Waals surface area contributed by atoms with Gasteiger partial charge in [0.2, 0.25) is 0 Å². The van der Waals surface area contributed by atoms with Crippen molar-refractivity contribution in [3.8, 4) is 0 Å². The van der Waals surface area contributed by atoms with Crippen molar-refractivity contribution < 1.29 is 0 Å². The van der Waals surface area contributed by atoms with Crippen LogP contribution in [-0.4, -0.2) is 26.2 Å². The Morgan fingerprint density at radius 1 is 0.533 bits per heavy atom. The highest BCUT2D eigenvalue weighted by atomic mass is 14.8. The van der Waals surface area contributed by atoms with E-state index in [1.807, 2.05) is 0 Å². The van der Waals surface area contributed by atoms with Crippen LogP contribution in [0.25, 0.3) is 0 Å². The topological polar surface area (TPSA) is 24.1 Å². The largest absolute Gasteiger partial charge is 0.317 e. The van der Waals surface area contributed by atoms with E-state index in [1.165, 1.54) is 22.3 Å². The number of hydrogen-bond acceptors (Lipinski definition) is 2. The standard InChI is InChI=1S/C20H18.2C4H11N/c1-16-10-8-9-15-19(16)20(17-11-4-2-5-12-17)18-13-6-3-7-14-18;2*1-3-5-4-2/h2-15,20H,1H3;2*5H,3-4H2,1-2H3. The molecule has 0 aliphatic heterocycles. The first-order chi connectivity index (χ1) is 14.7. The van der Waals surface area contributed by atoms with Crippen molar-refractivity contribution in [1.29, 1.82) is 0 Å². The van der Waals surface area contributed by atoms with Gasteiger partial charge in [-0.1, -0.05) is 113 Å². The summed E-state index contributed by atoms with van der Waals surface area (Å²) in [4.78, 5) is 0. The Bertz CT molecular complexity index is 719. The van der Waals surface area contributed by atoms with Crippen LogP contribution in [0.1, 0.15) is 55.9 Å². The first-order valence-electron chi connectivity index (χ1n) is 11.3. The van der Waals surface area contributed by atoms with Gasteiger partial charge in [-0.2, -0.15) is 0 Å². The third-order valence-corrected chi connectivity index (χ3v) is 4.77. The summed E-state index contributed by atoms with van der Waals surface area (Å²) in [5.74, 6) is 0.304. The minimum absolute atomic E-state index is 0.304. The summed E-state index contributed by atoms with van der Waals surface area (Å²) in [5, 5.41) is 6.22. The van der Waals surface area contributed by atoms with Gasteiger partial charge in [-0.05, 0) is 55.4 Å².